The van der Waals surface area contributed by atoms with E-state index in [-0.39, 0.29) is 0 Å². The summed E-state index contributed by atoms with van der Waals surface area (Å²) in [6.07, 6.45) is 17.5. The quantitative estimate of drug-likeness (QED) is 0.339. The number of allylic oxidation sites excluding steroid dienone is 2. The van der Waals surface area contributed by atoms with Crippen molar-refractivity contribution in [2.75, 3.05) is 13.1 Å². The lowest BCUT2D eigenvalue weighted by Gasteiger charge is -2.30. The summed E-state index contributed by atoms with van der Waals surface area (Å²) in [6, 6.07) is 17.9. The van der Waals surface area contributed by atoms with Gasteiger partial charge in [0, 0.05) is 22.5 Å². The van der Waals surface area contributed by atoms with Crippen LogP contribution in [-0.4, -0.2) is 32.9 Å². The molecule has 1 saturated carbocycles. The van der Waals surface area contributed by atoms with Gasteiger partial charge in [-0.2, -0.15) is 0 Å². The van der Waals surface area contributed by atoms with Crippen molar-refractivity contribution in [1.29, 1.82) is 0 Å². The summed E-state index contributed by atoms with van der Waals surface area (Å²) >= 11 is 0. The van der Waals surface area contributed by atoms with Crippen molar-refractivity contribution in [3.63, 3.8) is 0 Å². The fourth-order valence-corrected chi connectivity index (χ4v) is 6.42. The second-order valence-electron chi connectivity index (χ2n) is 11.0. The van der Waals surface area contributed by atoms with Gasteiger partial charge in [0.2, 0.25) is 0 Å². The molecule has 0 radical (unpaired) electrons. The Hall–Kier alpha value is -3.24. The van der Waals surface area contributed by atoms with Crippen LogP contribution in [0.2, 0.25) is 0 Å². The van der Waals surface area contributed by atoms with E-state index in [1.165, 1.54) is 61.4 Å². The predicted octanol–water partition coefficient (Wildman–Crippen LogP) is 6.38. The molecule has 0 unspecified atom stereocenters. The fraction of sp³-hybridized carbons (Fsp3) is 0.394. The molecule has 0 spiro atoms. The molecule has 6 rings (SSSR count). The van der Waals surface area contributed by atoms with Gasteiger partial charge in [0.25, 0.3) is 0 Å². The van der Waals surface area contributed by atoms with E-state index in [1.54, 1.807) is 0 Å². The van der Waals surface area contributed by atoms with Crippen molar-refractivity contribution in [1.82, 2.24) is 14.7 Å². The van der Waals surface area contributed by atoms with Crippen LogP contribution in [0.25, 0.3) is 33.8 Å². The summed E-state index contributed by atoms with van der Waals surface area (Å²) in [5, 5.41) is 20.1. The van der Waals surface area contributed by atoms with Gasteiger partial charge in [0.15, 0.2) is 0 Å². The SMILES string of the molecule is CC=c1[nH]n(C2CCCCC2)c2cc3cc(=CC=CC4CCN(Cc5ccccc5)CC4)c(O)c3cc12. The van der Waals surface area contributed by atoms with Crippen LogP contribution in [0, 0.1) is 5.92 Å². The number of H-pyrrole nitrogens is 1. The molecule has 4 aromatic rings. The standard InChI is InChI=1S/C33H39N3O/c1-2-31-30-22-29-27(21-32(30)36(34-31)28-14-7-4-8-15-28)20-26(33(29)37)13-9-12-24-16-18-35(19-17-24)23-25-10-5-3-6-11-25/h2-3,5-6,9-13,20-22,24,28,34,37H,4,7-8,14-19,23H2,1H3. The van der Waals surface area contributed by atoms with Crippen LogP contribution in [0.4, 0.5) is 0 Å². The van der Waals surface area contributed by atoms with Crippen molar-refractivity contribution < 1.29 is 5.11 Å². The van der Waals surface area contributed by atoms with Crippen LogP contribution in [0.1, 0.15) is 63.5 Å². The normalized spacial score (nSPS) is 19.7. The Kier molecular flexibility index (Phi) is 6.93. The Morgan fingerprint density at radius 3 is 2.49 bits per heavy atom. The molecule has 1 aromatic heterocycles. The summed E-state index contributed by atoms with van der Waals surface area (Å²) in [5.41, 5.74) is 2.65. The van der Waals surface area contributed by atoms with E-state index in [2.05, 4.69) is 94.4 Å². The average molecular weight is 494 g/mol. The molecule has 0 bridgehead atoms. The van der Waals surface area contributed by atoms with Gasteiger partial charge in [-0.1, -0.05) is 73.9 Å². The lowest BCUT2D eigenvalue weighted by Crippen LogP contribution is -2.32. The molecule has 192 valence electrons. The van der Waals surface area contributed by atoms with E-state index in [9.17, 15) is 5.11 Å². The molecular weight excluding hydrogens is 454 g/mol. The Morgan fingerprint density at radius 1 is 0.946 bits per heavy atom. The minimum absolute atomic E-state index is 0.395. The highest BCUT2D eigenvalue weighted by Gasteiger charge is 2.19. The molecule has 4 nitrogen and oxygen atoms in total. The summed E-state index contributed by atoms with van der Waals surface area (Å²) < 4.78 is 2.39. The zero-order valence-electron chi connectivity index (χ0n) is 22.0. The van der Waals surface area contributed by atoms with Gasteiger partial charge in [-0.05, 0) is 80.8 Å². The smallest absolute Gasteiger partial charge is 0.130 e. The minimum atomic E-state index is 0.395. The number of hydrogen-bond donors (Lipinski definition) is 2. The molecule has 3 aromatic carbocycles. The van der Waals surface area contributed by atoms with Crippen LogP contribution in [-0.2, 0) is 6.54 Å². The van der Waals surface area contributed by atoms with Crippen LogP contribution >= 0.6 is 0 Å². The molecule has 1 saturated heterocycles. The monoisotopic (exact) mass is 493 g/mol. The van der Waals surface area contributed by atoms with Crippen molar-refractivity contribution in [3.8, 4) is 5.75 Å². The van der Waals surface area contributed by atoms with Gasteiger partial charge in [-0.15, -0.1) is 0 Å². The maximum atomic E-state index is 11.1. The Morgan fingerprint density at radius 2 is 1.73 bits per heavy atom. The highest BCUT2D eigenvalue weighted by atomic mass is 16.3. The first-order valence-electron chi connectivity index (χ1n) is 14.2. The molecule has 2 heterocycles. The number of aromatic hydroxyl groups is 1. The first-order chi connectivity index (χ1) is 18.2. The molecule has 2 N–H and O–H groups in total. The van der Waals surface area contributed by atoms with Gasteiger partial charge in [-0.25, -0.2) is 0 Å². The number of hydrogen-bond acceptors (Lipinski definition) is 2. The maximum Gasteiger partial charge on any atom is 0.130 e. The van der Waals surface area contributed by atoms with Crippen LogP contribution in [0.3, 0.4) is 0 Å². The highest BCUT2D eigenvalue weighted by molar-refractivity contribution is 6.01. The second-order valence-corrected chi connectivity index (χ2v) is 11.0. The van der Waals surface area contributed by atoms with Gasteiger partial charge < -0.3 is 5.11 Å². The second kappa shape index (κ2) is 10.6. The van der Waals surface area contributed by atoms with E-state index in [4.69, 9.17) is 0 Å². The van der Waals surface area contributed by atoms with E-state index >= 15 is 0 Å². The maximum absolute atomic E-state index is 11.1. The molecule has 0 atom stereocenters. The largest absolute Gasteiger partial charge is 0.507 e. The molecule has 1 aliphatic carbocycles. The third kappa shape index (κ3) is 5.00. The summed E-state index contributed by atoms with van der Waals surface area (Å²) in [7, 11) is 0. The lowest BCUT2D eigenvalue weighted by molar-refractivity contribution is 0.196. The third-order valence-electron chi connectivity index (χ3n) is 8.57. The molecule has 2 fully saturated rings. The zero-order valence-corrected chi connectivity index (χ0v) is 22.0. The van der Waals surface area contributed by atoms with Crippen LogP contribution < -0.4 is 10.6 Å². The topological polar surface area (TPSA) is 44.2 Å². The van der Waals surface area contributed by atoms with Crippen LogP contribution in [0.15, 0.2) is 60.7 Å². The van der Waals surface area contributed by atoms with Crippen LogP contribution in [0.5, 0.6) is 5.75 Å². The number of nitrogens with one attached hydrogen (secondary N) is 1. The Labute approximate surface area is 219 Å². The van der Waals surface area contributed by atoms with E-state index in [0.717, 1.165) is 41.0 Å². The summed E-state index contributed by atoms with van der Waals surface area (Å²) in [4.78, 5) is 2.56. The summed E-state index contributed by atoms with van der Waals surface area (Å²) in [6.45, 7) is 5.41. The number of aromatic amines is 1. The molecule has 4 heteroatoms. The van der Waals surface area contributed by atoms with Crippen molar-refractivity contribution in [2.24, 2.45) is 5.92 Å². The van der Waals surface area contributed by atoms with Gasteiger partial charge in [-0.3, -0.25) is 14.7 Å². The van der Waals surface area contributed by atoms with E-state index in [1.807, 2.05) is 0 Å². The molecule has 37 heavy (non-hydrogen) atoms. The number of aromatic nitrogens is 2. The van der Waals surface area contributed by atoms with E-state index < -0.39 is 0 Å². The molecule has 1 aliphatic heterocycles. The predicted molar refractivity (Wildman–Crippen MR) is 155 cm³/mol. The first kappa shape index (κ1) is 24.1. The average Bonchev–Trinajstić information content (AvgIpc) is 3.46. The fourth-order valence-electron chi connectivity index (χ4n) is 6.42. The number of nitrogens with zero attached hydrogens (tertiary/aromatic N) is 2. The molecule has 0 amide bonds. The lowest BCUT2D eigenvalue weighted by atomic mass is 9.95. The third-order valence-corrected chi connectivity index (χ3v) is 8.57. The number of piperidine rings is 1. The number of fused-ring (bicyclic) bond motifs is 2. The van der Waals surface area contributed by atoms with Gasteiger partial charge >= 0.3 is 0 Å². The van der Waals surface area contributed by atoms with Gasteiger partial charge in [0.05, 0.1) is 16.9 Å². The first-order valence-corrected chi connectivity index (χ1v) is 14.2. The van der Waals surface area contributed by atoms with Crippen molar-refractivity contribution in [3.05, 3.63) is 76.8 Å². The number of rotatable bonds is 5. The van der Waals surface area contributed by atoms with Crippen molar-refractivity contribution in [2.45, 2.75) is 64.5 Å². The van der Waals surface area contributed by atoms with E-state index in [0.29, 0.717) is 17.7 Å². The van der Waals surface area contributed by atoms with Gasteiger partial charge in [0.1, 0.15) is 5.75 Å². The Balaban J connectivity index is 1.21. The zero-order chi connectivity index (χ0) is 25.2. The Bertz CT molecular complexity index is 1510. The molecular formula is C33H39N3O. The number of likely N-dealkylation sites (tertiary alicyclic amines) is 1. The van der Waals surface area contributed by atoms with Crippen molar-refractivity contribution >= 4 is 33.8 Å². The minimum Gasteiger partial charge on any atom is -0.507 e. The molecule has 2 aliphatic rings. The number of benzene rings is 2. The summed E-state index contributed by atoms with van der Waals surface area (Å²) in [5.74, 6) is 0.998. The highest BCUT2D eigenvalue weighted by Crippen LogP contribution is 2.32.